The van der Waals surface area contributed by atoms with Crippen molar-refractivity contribution in [3.8, 4) is 5.75 Å². The zero-order valence-corrected chi connectivity index (χ0v) is 12.9. The van der Waals surface area contributed by atoms with Crippen molar-refractivity contribution in [3.05, 3.63) is 42.0 Å². The first-order chi connectivity index (χ1) is 11.1. The second-order valence-electron chi connectivity index (χ2n) is 6.48. The predicted octanol–water partition coefficient (Wildman–Crippen LogP) is 1.44. The van der Waals surface area contributed by atoms with E-state index in [1.807, 2.05) is 29.2 Å². The number of aliphatic hydroxyl groups is 1. The third-order valence-electron chi connectivity index (χ3n) is 4.99. The molecule has 2 aromatic carbocycles. The van der Waals surface area contributed by atoms with Crippen LogP contribution in [0.25, 0.3) is 10.8 Å². The zero-order chi connectivity index (χ0) is 16.0. The average molecular weight is 312 g/mol. The summed E-state index contributed by atoms with van der Waals surface area (Å²) < 4.78 is 0. The summed E-state index contributed by atoms with van der Waals surface area (Å²) in [5.41, 5.74) is 0.637. The van der Waals surface area contributed by atoms with Crippen LogP contribution >= 0.6 is 0 Å². The molecule has 120 valence electrons. The Morgan fingerprint density at radius 2 is 1.78 bits per heavy atom. The van der Waals surface area contributed by atoms with Crippen LogP contribution in [0.3, 0.4) is 0 Å². The molecule has 5 heteroatoms. The topological polar surface area (TPSA) is 64.0 Å². The Labute approximate surface area is 134 Å². The largest absolute Gasteiger partial charge is 0.507 e. The van der Waals surface area contributed by atoms with E-state index in [4.69, 9.17) is 0 Å². The van der Waals surface area contributed by atoms with Gasteiger partial charge in [-0.3, -0.25) is 9.69 Å². The van der Waals surface area contributed by atoms with E-state index < -0.39 is 0 Å². The fourth-order valence-corrected chi connectivity index (χ4v) is 3.59. The van der Waals surface area contributed by atoms with Crippen molar-refractivity contribution in [1.82, 2.24) is 9.80 Å². The molecule has 23 heavy (non-hydrogen) atoms. The molecule has 0 radical (unpaired) electrons. The number of carbonyl (C=O) groups excluding carboxylic acids is 1. The molecule has 2 aromatic rings. The zero-order valence-electron chi connectivity index (χ0n) is 12.9. The van der Waals surface area contributed by atoms with Crippen molar-refractivity contribution in [2.24, 2.45) is 0 Å². The average Bonchev–Trinajstić information content (AvgIpc) is 2.92. The van der Waals surface area contributed by atoms with Crippen LogP contribution in [0.4, 0.5) is 0 Å². The number of β-amino-alcohol motifs (C(OH)–C–C–N with tert-alkyl or cyclic N) is 1. The van der Waals surface area contributed by atoms with E-state index in [1.165, 1.54) is 0 Å². The summed E-state index contributed by atoms with van der Waals surface area (Å²) in [5.74, 6) is 0.210. The number of nitrogens with zero attached hydrogens (tertiary/aromatic N) is 2. The predicted molar refractivity (Wildman–Crippen MR) is 87.5 cm³/mol. The summed E-state index contributed by atoms with van der Waals surface area (Å²) in [6.07, 6.45) is 0.605. The Kier molecular flexibility index (Phi) is 3.47. The second-order valence-corrected chi connectivity index (χ2v) is 6.48. The van der Waals surface area contributed by atoms with Crippen molar-refractivity contribution >= 4 is 16.7 Å². The molecule has 0 unspecified atom stereocenters. The van der Waals surface area contributed by atoms with Gasteiger partial charge in [0.05, 0.1) is 6.10 Å². The molecule has 0 aromatic heterocycles. The molecule has 2 saturated heterocycles. The van der Waals surface area contributed by atoms with Gasteiger partial charge in [-0.1, -0.05) is 24.3 Å². The lowest BCUT2D eigenvalue weighted by Crippen LogP contribution is -2.60. The lowest BCUT2D eigenvalue weighted by atomic mass is 10.00. The molecule has 0 spiro atoms. The summed E-state index contributed by atoms with van der Waals surface area (Å²) in [5, 5.41) is 21.1. The van der Waals surface area contributed by atoms with Gasteiger partial charge in [0.25, 0.3) is 5.91 Å². The third-order valence-corrected chi connectivity index (χ3v) is 4.99. The lowest BCUT2D eigenvalue weighted by Gasteiger charge is -2.44. The van der Waals surface area contributed by atoms with Crippen LogP contribution in [0.15, 0.2) is 36.4 Å². The normalized spacial score (nSPS) is 22.5. The maximum Gasteiger partial charge on any atom is 0.254 e. The van der Waals surface area contributed by atoms with Gasteiger partial charge in [0, 0.05) is 43.2 Å². The Morgan fingerprint density at radius 3 is 2.48 bits per heavy atom. The van der Waals surface area contributed by atoms with E-state index in [1.54, 1.807) is 12.1 Å². The molecule has 2 heterocycles. The summed E-state index contributed by atoms with van der Waals surface area (Å²) in [7, 11) is 0. The number of fused-ring (bicyclic) bond motifs is 1. The van der Waals surface area contributed by atoms with Crippen LogP contribution < -0.4 is 0 Å². The van der Waals surface area contributed by atoms with Crippen LogP contribution in [0, 0.1) is 0 Å². The molecule has 0 aliphatic carbocycles. The van der Waals surface area contributed by atoms with Crippen molar-refractivity contribution in [2.45, 2.75) is 18.6 Å². The van der Waals surface area contributed by atoms with Gasteiger partial charge in [-0.2, -0.15) is 0 Å². The van der Waals surface area contributed by atoms with Crippen LogP contribution in [0.2, 0.25) is 0 Å². The molecule has 4 rings (SSSR count). The summed E-state index contributed by atoms with van der Waals surface area (Å²) >= 11 is 0. The molecule has 2 aliphatic heterocycles. The fourth-order valence-electron chi connectivity index (χ4n) is 3.59. The molecule has 1 atom stereocenters. The highest BCUT2D eigenvalue weighted by Gasteiger charge is 2.38. The Morgan fingerprint density at radius 1 is 1.04 bits per heavy atom. The first kappa shape index (κ1) is 14.5. The molecule has 2 aliphatic rings. The molecule has 5 nitrogen and oxygen atoms in total. The van der Waals surface area contributed by atoms with E-state index in [2.05, 4.69) is 4.90 Å². The highest BCUT2D eigenvalue weighted by atomic mass is 16.3. The van der Waals surface area contributed by atoms with Crippen LogP contribution in [0.1, 0.15) is 16.8 Å². The van der Waals surface area contributed by atoms with Gasteiger partial charge in [-0.25, -0.2) is 0 Å². The minimum atomic E-state index is -0.221. The van der Waals surface area contributed by atoms with Crippen LogP contribution in [-0.2, 0) is 0 Å². The summed E-state index contributed by atoms with van der Waals surface area (Å²) in [4.78, 5) is 16.9. The van der Waals surface area contributed by atoms with Crippen LogP contribution in [0.5, 0.6) is 5.75 Å². The van der Waals surface area contributed by atoms with Crippen molar-refractivity contribution in [3.63, 3.8) is 0 Å². The van der Waals surface area contributed by atoms with Gasteiger partial charge in [0.1, 0.15) is 5.75 Å². The van der Waals surface area contributed by atoms with E-state index in [0.29, 0.717) is 30.1 Å². The first-order valence-electron chi connectivity index (χ1n) is 8.05. The van der Waals surface area contributed by atoms with Crippen molar-refractivity contribution < 1.29 is 15.0 Å². The van der Waals surface area contributed by atoms with Gasteiger partial charge in [-0.15, -0.1) is 0 Å². The second kappa shape index (κ2) is 5.51. The molecular weight excluding hydrogens is 292 g/mol. The number of hydrogen-bond donors (Lipinski definition) is 2. The molecular formula is C18H20N2O3. The Bertz CT molecular complexity index is 755. The maximum atomic E-state index is 12.8. The third kappa shape index (κ3) is 2.46. The smallest absolute Gasteiger partial charge is 0.254 e. The number of hydrogen-bond acceptors (Lipinski definition) is 4. The number of aromatic hydroxyl groups is 1. The minimum absolute atomic E-state index is 0.0113. The number of phenols is 1. The van der Waals surface area contributed by atoms with Gasteiger partial charge < -0.3 is 15.1 Å². The molecule has 1 amide bonds. The molecule has 0 saturated carbocycles. The van der Waals surface area contributed by atoms with Gasteiger partial charge in [0.15, 0.2) is 0 Å². The Hall–Kier alpha value is -2.11. The van der Waals surface area contributed by atoms with Crippen molar-refractivity contribution in [1.29, 1.82) is 0 Å². The molecule has 2 fully saturated rings. The number of phenolic OH excluding ortho intramolecular Hbond substituents is 1. The number of likely N-dealkylation sites (tertiary alicyclic amines) is 2. The highest BCUT2D eigenvalue weighted by molar-refractivity contribution is 6.08. The fraction of sp³-hybridized carbons (Fsp3) is 0.389. The van der Waals surface area contributed by atoms with Gasteiger partial charge in [-0.05, 0) is 23.9 Å². The lowest BCUT2D eigenvalue weighted by molar-refractivity contribution is 0.0300. The number of amides is 1. The number of benzene rings is 2. The molecule has 2 N–H and O–H groups in total. The number of carbonyl (C=O) groups is 1. The van der Waals surface area contributed by atoms with E-state index in [0.717, 1.165) is 24.9 Å². The maximum absolute atomic E-state index is 12.8. The Balaban J connectivity index is 1.52. The summed E-state index contributed by atoms with van der Waals surface area (Å²) in [6.45, 7) is 3.05. The number of aliphatic hydroxyl groups excluding tert-OH is 1. The van der Waals surface area contributed by atoms with Crippen LogP contribution in [-0.4, -0.2) is 64.2 Å². The standard InChI is InChI=1S/C18H20N2O3/c21-13-7-8-19(11-13)12-9-20(10-12)18(23)16-5-6-17(22)15-4-2-1-3-14(15)16/h1-6,12-13,21-22H,7-11H2/t13-/m1/s1. The quantitative estimate of drug-likeness (QED) is 0.881. The van der Waals surface area contributed by atoms with E-state index in [9.17, 15) is 15.0 Å². The minimum Gasteiger partial charge on any atom is -0.507 e. The molecule has 0 bridgehead atoms. The monoisotopic (exact) mass is 312 g/mol. The first-order valence-corrected chi connectivity index (χ1v) is 8.05. The van der Waals surface area contributed by atoms with Gasteiger partial charge >= 0.3 is 0 Å². The van der Waals surface area contributed by atoms with Crippen molar-refractivity contribution in [2.75, 3.05) is 26.2 Å². The highest BCUT2D eigenvalue weighted by Crippen LogP contribution is 2.30. The van der Waals surface area contributed by atoms with Gasteiger partial charge in [0.2, 0.25) is 0 Å². The van der Waals surface area contributed by atoms with E-state index in [-0.39, 0.29) is 17.8 Å². The number of rotatable bonds is 2. The summed E-state index contributed by atoms with van der Waals surface area (Å²) in [6, 6.07) is 11.1. The SMILES string of the molecule is O=C(c1ccc(O)c2ccccc12)N1CC(N2CC[C@@H](O)C2)C1. The van der Waals surface area contributed by atoms with E-state index >= 15 is 0 Å².